The van der Waals surface area contributed by atoms with Gasteiger partial charge in [-0.3, -0.25) is 0 Å². The molecule has 2 aromatic rings. The first-order valence-electron chi connectivity index (χ1n) is 5.50. The maximum atomic E-state index is 11.5. The number of fused-ring (bicyclic) bond motifs is 1. The molecule has 3 heteroatoms. The summed E-state index contributed by atoms with van der Waals surface area (Å²) in [6, 6.07) is 5.88. The van der Waals surface area contributed by atoms with Crippen molar-refractivity contribution in [2.45, 2.75) is 20.8 Å². The summed E-state index contributed by atoms with van der Waals surface area (Å²) in [4.78, 5) is 15.8. The van der Waals surface area contributed by atoms with E-state index in [1.165, 1.54) is 12.7 Å². The number of hydrogen-bond donors (Lipinski definition) is 0. The summed E-state index contributed by atoms with van der Waals surface area (Å²) >= 11 is 0. The van der Waals surface area contributed by atoms with Gasteiger partial charge in [-0.25, -0.2) is 9.78 Å². The van der Waals surface area contributed by atoms with Crippen LogP contribution in [0.5, 0.6) is 0 Å². The second-order valence-electron chi connectivity index (χ2n) is 4.29. The first-order valence-corrected chi connectivity index (χ1v) is 5.50. The molecule has 0 atom stereocenters. The number of rotatable bonds is 1. The number of carbonyl (C=O) groups is 1. The Hall–Kier alpha value is -1.90. The van der Waals surface area contributed by atoms with Crippen LogP contribution in [0.3, 0.4) is 0 Å². The van der Waals surface area contributed by atoms with E-state index in [2.05, 4.69) is 18.0 Å². The van der Waals surface area contributed by atoms with Gasteiger partial charge in [0.2, 0.25) is 0 Å². The molecule has 0 N–H and O–H groups in total. The lowest BCUT2D eigenvalue weighted by atomic mass is 10.0. The molecule has 0 fully saturated rings. The van der Waals surface area contributed by atoms with Crippen molar-refractivity contribution in [1.82, 2.24) is 4.98 Å². The number of esters is 1. The third kappa shape index (κ3) is 2.00. The third-order valence-corrected chi connectivity index (χ3v) is 2.84. The molecule has 0 unspecified atom stereocenters. The minimum absolute atomic E-state index is 0.363. The van der Waals surface area contributed by atoms with Gasteiger partial charge in [0.15, 0.2) is 0 Å². The molecule has 2 rings (SSSR count). The van der Waals surface area contributed by atoms with E-state index in [9.17, 15) is 4.79 Å². The zero-order valence-electron chi connectivity index (χ0n) is 10.5. The van der Waals surface area contributed by atoms with E-state index >= 15 is 0 Å². The van der Waals surface area contributed by atoms with Crippen LogP contribution in [0.1, 0.15) is 27.2 Å². The molecule has 3 nitrogen and oxygen atoms in total. The Kier molecular flexibility index (Phi) is 2.84. The molecule has 1 aromatic carbocycles. The molecule has 1 aromatic heterocycles. The highest BCUT2D eigenvalue weighted by Gasteiger charge is 2.11. The number of carbonyl (C=O) groups excluding carboxylic acids is 1. The molecule has 88 valence electrons. The highest BCUT2D eigenvalue weighted by molar-refractivity contribution is 5.93. The van der Waals surface area contributed by atoms with Crippen LogP contribution < -0.4 is 0 Å². The second kappa shape index (κ2) is 4.17. The zero-order valence-corrected chi connectivity index (χ0v) is 10.5. The Morgan fingerprint density at radius 2 is 1.76 bits per heavy atom. The van der Waals surface area contributed by atoms with Crippen molar-refractivity contribution in [3.8, 4) is 0 Å². The highest BCUT2D eigenvalue weighted by Crippen LogP contribution is 2.23. The van der Waals surface area contributed by atoms with E-state index in [0.717, 1.165) is 22.0 Å². The largest absolute Gasteiger partial charge is 0.464 e. The van der Waals surface area contributed by atoms with Crippen LogP contribution in [0, 0.1) is 20.8 Å². The van der Waals surface area contributed by atoms with Crippen LogP contribution in [0.25, 0.3) is 10.9 Å². The molecular weight excluding hydrogens is 214 g/mol. The molecular formula is C14H15NO2. The lowest BCUT2D eigenvalue weighted by Gasteiger charge is -2.09. The molecule has 17 heavy (non-hydrogen) atoms. The molecule has 0 bridgehead atoms. The number of methoxy groups -OCH3 is 1. The number of aryl methyl sites for hydroxylation is 3. The van der Waals surface area contributed by atoms with Crippen LogP contribution in [0.15, 0.2) is 18.2 Å². The average Bonchev–Trinajstić information content (AvgIpc) is 2.26. The summed E-state index contributed by atoms with van der Waals surface area (Å²) in [5.74, 6) is -0.394. The van der Waals surface area contributed by atoms with Gasteiger partial charge in [-0.15, -0.1) is 0 Å². The Morgan fingerprint density at radius 3 is 2.41 bits per heavy atom. The summed E-state index contributed by atoms with van der Waals surface area (Å²) in [5.41, 5.74) is 4.59. The molecule has 1 heterocycles. The Morgan fingerprint density at radius 1 is 1.12 bits per heavy atom. The SMILES string of the molecule is COC(=O)c1cc(C)c2c(C)cc(C)cc2n1. The average molecular weight is 229 g/mol. The minimum atomic E-state index is -0.394. The predicted octanol–water partition coefficient (Wildman–Crippen LogP) is 2.95. The van der Waals surface area contributed by atoms with Gasteiger partial charge in [0, 0.05) is 5.39 Å². The number of ether oxygens (including phenoxy) is 1. The van der Waals surface area contributed by atoms with E-state index in [1.54, 1.807) is 6.07 Å². The van der Waals surface area contributed by atoms with Crippen LogP contribution in [0.4, 0.5) is 0 Å². The molecule has 0 aliphatic carbocycles. The quantitative estimate of drug-likeness (QED) is 0.706. The van der Waals surface area contributed by atoms with Gasteiger partial charge < -0.3 is 4.74 Å². The third-order valence-electron chi connectivity index (χ3n) is 2.84. The molecule has 0 spiro atoms. The van der Waals surface area contributed by atoms with Crippen molar-refractivity contribution in [3.05, 3.63) is 40.6 Å². The van der Waals surface area contributed by atoms with Gasteiger partial charge in [0.05, 0.1) is 12.6 Å². The van der Waals surface area contributed by atoms with Crippen LogP contribution in [-0.2, 0) is 4.74 Å². The van der Waals surface area contributed by atoms with Crippen molar-refractivity contribution >= 4 is 16.9 Å². The molecule has 0 aliphatic heterocycles. The van der Waals surface area contributed by atoms with Crippen LogP contribution in [0.2, 0.25) is 0 Å². The molecule has 0 aliphatic rings. The summed E-state index contributed by atoms with van der Waals surface area (Å²) < 4.78 is 4.70. The van der Waals surface area contributed by atoms with Crippen molar-refractivity contribution in [2.24, 2.45) is 0 Å². The Bertz CT molecular complexity index is 603. The molecule has 0 saturated heterocycles. The fourth-order valence-electron chi connectivity index (χ4n) is 2.19. The smallest absolute Gasteiger partial charge is 0.356 e. The van der Waals surface area contributed by atoms with E-state index in [-0.39, 0.29) is 0 Å². The number of nitrogens with zero attached hydrogens (tertiary/aromatic N) is 1. The lowest BCUT2D eigenvalue weighted by molar-refractivity contribution is 0.0594. The topological polar surface area (TPSA) is 39.2 Å². The number of benzene rings is 1. The van der Waals surface area contributed by atoms with Crippen molar-refractivity contribution in [1.29, 1.82) is 0 Å². The van der Waals surface area contributed by atoms with E-state index in [1.807, 2.05) is 19.9 Å². The highest BCUT2D eigenvalue weighted by atomic mass is 16.5. The van der Waals surface area contributed by atoms with Crippen molar-refractivity contribution in [3.63, 3.8) is 0 Å². The first-order chi connectivity index (χ1) is 8.02. The van der Waals surface area contributed by atoms with Gasteiger partial charge in [0.25, 0.3) is 0 Å². The van der Waals surface area contributed by atoms with E-state index < -0.39 is 5.97 Å². The van der Waals surface area contributed by atoms with E-state index in [4.69, 9.17) is 4.74 Å². The van der Waals surface area contributed by atoms with Crippen LogP contribution in [-0.4, -0.2) is 18.1 Å². The second-order valence-corrected chi connectivity index (χ2v) is 4.29. The normalized spacial score (nSPS) is 10.6. The first kappa shape index (κ1) is 11.6. The van der Waals surface area contributed by atoms with Gasteiger partial charge in [0.1, 0.15) is 5.69 Å². The molecule has 0 radical (unpaired) electrons. The van der Waals surface area contributed by atoms with E-state index in [0.29, 0.717) is 5.69 Å². The Labute approximate surface area is 100 Å². The summed E-state index contributed by atoms with van der Waals surface area (Å²) in [5, 5.41) is 1.11. The molecule has 0 saturated carbocycles. The van der Waals surface area contributed by atoms with Gasteiger partial charge >= 0.3 is 5.97 Å². The van der Waals surface area contributed by atoms with Gasteiger partial charge in [-0.1, -0.05) is 6.07 Å². The summed E-state index contributed by atoms with van der Waals surface area (Å²) in [6.07, 6.45) is 0. The van der Waals surface area contributed by atoms with Crippen molar-refractivity contribution < 1.29 is 9.53 Å². The minimum Gasteiger partial charge on any atom is -0.464 e. The van der Waals surface area contributed by atoms with Crippen LogP contribution >= 0.6 is 0 Å². The zero-order chi connectivity index (χ0) is 12.6. The predicted molar refractivity (Wildman–Crippen MR) is 67.3 cm³/mol. The van der Waals surface area contributed by atoms with Gasteiger partial charge in [-0.2, -0.15) is 0 Å². The number of aromatic nitrogens is 1. The fraction of sp³-hybridized carbons (Fsp3) is 0.286. The van der Waals surface area contributed by atoms with Gasteiger partial charge in [-0.05, 0) is 49.6 Å². The lowest BCUT2D eigenvalue weighted by Crippen LogP contribution is -2.05. The maximum absolute atomic E-state index is 11.5. The Balaban J connectivity index is 2.77. The maximum Gasteiger partial charge on any atom is 0.356 e. The fourth-order valence-corrected chi connectivity index (χ4v) is 2.19. The number of hydrogen-bond acceptors (Lipinski definition) is 3. The molecule has 0 amide bonds. The summed E-state index contributed by atoms with van der Waals surface area (Å²) in [6.45, 7) is 6.06. The number of pyridine rings is 1. The monoisotopic (exact) mass is 229 g/mol. The summed E-state index contributed by atoms with van der Waals surface area (Å²) in [7, 11) is 1.37. The standard InChI is InChI=1S/C14H15NO2/c1-8-5-9(2)13-10(3)7-12(14(16)17-4)15-11(13)6-8/h5-7H,1-4H3. The van der Waals surface area contributed by atoms with Crippen molar-refractivity contribution in [2.75, 3.05) is 7.11 Å².